The quantitative estimate of drug-likeness (QED) is 0.690. The minimum absolute atomic E-state index is 0.128. The SMILES string of the molecule is CC(C)OCCNC(=O)CC1NCCCC1C. The molecule has 1 aliphatic heterocycles. The Morgan fingerprint density at radius 1 is 1.53 bits per heavy atom. The van der Waals surface area contributed by atoms with Gasteiger partial charge in [-0.05, 0) is 39.2 Å². The van der Waals surface area contributed by atoms with Crippen LogP contribution >= 0.6 is 0 Å². The van der Waals surface area contributed by atoms with E-state index in [4.69, 9.17) is 4.74 Å². The molecule has 1 saturated heterocycles. The normalized spacial score (nSPS) is 24.9. The third-order valence-electron chi connectivity index (χ3n) is 3.21. The van der Waals surface area contributed by atoms with E-state index < -0.39 is 0 Å². The summed E-state index contributed by atoms with van der Waals surface area (Å²) in [5, 5.41) is 6.32. The van der Waals surface area contributed by atoms with E-state index in [-0.39, 0.29) is 12.0 Å². The van der Waals surface area contributed by atoms with Gasteiger partial charge in [-0.25, -0.2) is 0 Å². The van der Waals surface area contributed by atoms with Crippen molar-refractivity contribution in [1.29, 1.82) is 0 Å². The highest BCUT2D eigenvalue weighted by molar-refractivity contribution is 5.76. The number of ether oxygens (including phenoxy) is 1. The van der Waals surface area contributed by atoms with E-state index in [0.29, 0.717) is 31.5 Å². The summed E-state index contributed by atoms with van der Waals surface area (Å²) >= 11 is 0. The zero-order chi connectivity index (χ0) is 12.7. The Bertz CT molecular complexity index is 231. The van der Waals surface area contributed by atoms with Gasteiger partial charge in [-0.1, -0.05) is 6.92 Å². The molecule has 1 amide bonds. The fraction of sp³-hybridized carbons (Fsp3) is 0.923. The van der Waals surface area contributed by atoms with Crippen LogP contribution in [0.2, 0.25) is 0 Å². The second-order valence-electron chi connectivity index (χ2n) is 5.15. The zero-order valence-electron chi connectivity index (χ0n) is 11.3. The molecule has 0 aliphatic carbocycles. The number of rotatable bonds is 6. The third-order valence-corrected chi connectivity index (χ3v) is 3.21. The second-order valence-corrected chi connectivity index (χ2v) is 5.15. The topological polar surface area (TPSA) is 50.4 Å². The van der Waals surface area contributed by atoms with Crippen molar-refractivity contribution in [3.8, 4) is 0 Å². The first-order valence-corrected chi connectivity index (χ1v) is 6.71. The molecule has 2 atom stereocenters. The molecule has 0 saturated carbocycles. The van der Waals surface area contributed by atoms with Crippen molar-refractivity contribution in [3.05, 3.63) is 0 Å². The molecule has 4 nitrogen and oxygen atoms in total. The van der Waals surface area contributed by atoms with Gasteiger partial charge in [0, 0.05) is 19.0 Å². The average molecular weight is 242 g/mol. The second kappa shape index (κ2) is 7.67. The molecule has 2 N–H and O–H groups in total. The Morgan fingerprint density at radius 2 is 2.29 bits per heavy atom. The number of piperidine rings is 1. The van der Waals surface area contributed by atoms with Gasteiger partial charge in [0.05, 0.1) is 12.7 Å². The number of carbonyl (C=O) groups is 1. The van der Waals surface area contributed by atoms with Gasteiger partial charge in [0.15, 0.2) is 0 Å². The van der Waals surface area contributed by atoms with Crippen LogP contribution in [0.15, 0.2) is 0 Å². The maximum absolute atomic E-state index is 11.7. The van der Waals surface area contributed by atoms with Crippen molar-refractivity contribution < 1.29 is 9.53 Å². The molecule has 100 valence electrons. The maximum Gasteiger partial charge on any atom is 0.221 e. The monoisotopic (exact) mass is 242 g/mol. The van der Waals surface area contributed by atoms with Crippen LogP contribution in [0.3, 0.4) is 0 Å². The zero-order valence-corrected chi connectivity index (χ0v) is 11.3. The van der Waals surface area contributed by atoms with Crippen molar-refractivity contribution in [2.75, 3.05) is 19.7 Å². The van der Waals surface area contributed by atoms with Crippen LogP contribution in [0.4, 0.5) is 0 Å². The van der Waals surface area contributed by atoms with Crippen LogP contribution in [0.1, 0.15) is 40.0 Å². The third kappa shape index (κ3) is 6.03. The molecular formula is C13H26N2O2. The van der Waals surface area contributed by atoms with Crippen molar-refractivity contribution >= 4 is 5.91 Å². The van der Waals surface area contributed by atoms with Crippen LogP contribution in [-0.4, -0.2) is 37.7 Å². The summed E-state index contributed by atoms with van der Waals surface area (Å²) in [4.78, 5) is 11.7. The van der Waals surface area contributed by atoms with Gasteiger partial charge in [0.25, 0.3) is 0 Å². The summed E-state index contributed by atoms with van der Waals surface area (Å²) < 4.78 is 5.37. The summed E-state index contributed by atoms with van der Waals surface area (Å²) in [5.74, 6) is 0.727. The number of hydrogen-bond donors (Lipinski definition) is 2. The summed E-state index contributed by atoms with van der Waals surface area (Å²) in [5.41, 5.74) is 0. The van der Waals surface area contributed by atoms with Gasteiger partial charge in [-0.2, -0.15) is 0 Å². The molecule has 0 bridgehead atoms. The van der Waals surface area contributed by atoms with Gasteiger partial charge < -0.3 is 15.4 Å². The molecule has 0 aromatic carbocycles. The van der Waals surface area contributed by atoms with Crippen molar-refractivity contribution in [1.82, 2.24) is 10.6 Å². The minimum Gasteiger partial charge on any atom is -0.377 e. The molecule has 0 aromatic heterocycles. The minimum atomic E-state index is 0.128. The van der Waals surface area contributed by atoms with Crippen molar-refractivity contribution in [2.24, 2.45) is 5.92 Å². The number of amides is 1. The summed E-state index contributed by atoms with van der Waals surface area (Å²) in [6.45, 7) is 8.45. The standard InChI is InChI=1S/C13H26N2O2/c1-10(2)17-8-7-15-13(16)9-12-11(3)5-4-6-14-12/h10-12,14H,4-9H2,1-3H3,(H,15,16). The Balaban J connectivity index is 2.11. The molecule has 4 heteroatoms. The Labute approximate surface area is 104 Å². The summed E-state index contributed by atoms with van der Waals surface area (Å²) in [6, 6.07) is 0.342. The predicted octanol–water partition coefficient (Wildman–Crippen LogP) is 1.31. The fourth-order valence-electron chi connectivity index (χ4n) is 2.14. The lowest BCUT2D eigenvalue weighted by molar-refractivity contribution is -0.122. The van der Waals surface area contributed by atoms with Crippen LogP contribution in [0.25, 0.3) is 0 Å². The Kier molecular flexibility index (Phi) is 6.52. The predicted molar refractivity (Wildman–Crippen MR) is 68.9 cm³/mol. The maximum atomic E-state index is 11.7. The number of hydrogen-bond acceptors (Lipinski definition) is 3. The van der Waals surface area contributed by atoms with Crippen molar-refractivity contribution in [3.63, 3.8) is 0 Å². The van der Waals surface area contributed by atoms with E-state index >= 15 is 0 Å². The van der Waals surface area contributed by atoms with Gasteiger partial charge in [-0.15, -0.1) is 0 Å². The lowest BCUT2D eigenvalue weighted by Crippen LogP contribution is -2.43. The van der Waals surface area contributed by atoms with E-state index in [0.717, 1.165) is 6.54 Å². The number of carbonyl (C=O) groups excluding carboxylic acids is 1. The number of nitrogens with one attached hydrogen (secondary N) is 2. The van der Waals surface area contributed by atoms with Gasteiger partial charge >= 0.3 is 0 Å². The molecule has 1 aliphatic rings. The highest BCUT2D eigenvalue weighted by Crippen LogP contribution is 2.17. The van der Waals surface area contributed by atoms with Gasteiger partial charge in [0.2, 0.25) is 5.91 Å². The lowest BCUT2D eigenvalue weighted by Gasteiger charge is -2.29. The molecule has 2 unspecified atom stereocenters. The van der Waals surface area contributed by atoms with E-state index in [1.165, 1.54) is 12.8 Å². The average Bonchev–Trinajstić information content (AvgIpc) is 2.27. The summed E-state index contributed by atoms with van der Waals surface area (Å²) in [7, 11) is 0. The Morgan fingerprint density at radius 3 is 2.94 bits per heavy atom. The first kappa shape index (κ1) is 14.5. The molecule has 17 heavy (non-hydrogen) atoms. The lowest BCUT2D eigenvalue weighted by atomic mass is 9.90. The molecule has 1 heterocycles. The van der Waals surface area contributed by atoms with E-state index in [2.05, 4.69) is 17.6 Å². The van der Waals surface area contributed by atoms with Crippen LogP contribution in [0, 0.1) is 5.92 Å². The molecule has 0 spiro atoms. The fourth-order valence-corrected chi connectivity index (χ4v) is 2.14. The van der Waals surface area contributed by atoms with Gasteiger partial charge in [-0.3, -0.25) is 4.79 Å². The molecule has 0 radical (unpaired) electrons. The summed E-state index contributed by atoms with van der Waals surface area (Å²) in [6.07, 6.45) is 3.26. The largest absolute Gasteiger partial charge is 0.377 e. The smallest absolute Gasteiger partial charge is 0.221 e. The van der Waals surface area contributed by atoms with Crippen LogP contribution in [-0.2, 0) is 9.53 Å². The van der Waals surface area contributed by atoms with Gasteiger partial charge in [0.1, 0.15) is 0 Å². The van der Waals surface area contributed by atoms with Crippen LogP contribution < -0.4 is 10.6 Å². The Hall–Kier alpha value is -0.610. The van der Waals surface area contributed by atoms with Crippen LogP contribution in [0.5, 0.6) is 0 Å². The molecule has 1 fully saturated rings. The molecule has 1 rings (SSSR count). The van der Waals surface area contributed by atoms with Crippen molar-refractivity contribution in [2.45, 2.75) is 52.2 Å². The molecule has 0 aromatic rings. The van der Waals surface area contributed by atoms with E-state index in [1.54, 1.807) is 0 Å². The highest BCUT2D eigenvalue weighted by Gasteiger charge is 2.22. The van der Waals surface area contributed by atoms with E-state index in [9.17, 15) is 4.79 Å². The first-order chi connectivity index (χ1) is 8.09. The molecular weight excluding hydrogens is 216 g/mol. The highest BCUT2D eigenvalue weighted by atomic mass is 16.5. The first-order valence-electron chi connectivity index (χ1n) is 6.71. The van der Waals surface area contributed by atoms with E-state index in [1.807, 2.05) is 13.8 Å².